The average Bonchev–Trinajstić information content (AvgIpc) is 2.76. The summed E-state index contributed by atoms with van der Waals surface area (Å²) in [6.45, 7) is 3.18. The molecule has 3 N–H and O–H groups in total. The van der Waals surface area contributed by atoms with Gasteiger partial charge in [-0.1, -0.05) is 0 Å². The Kier molecular flexibility index (Phi) is 2.18. The van der Waals surface area contributed by atoms with Gasteiger partial charge in [-0.2, -0.15) is 5.10 Å². The van der Waals surface area contributed by atoms with Crippen LogP contribution in [-0.2, 0) is 0 Å². The van der Waals surface area contributed by atoms with Gasteiger partial charge in [-0.3, -0.25) is 5.10 Å². The first-order valence-corrected chi connectivity index (χ1v) is 5.45. The number of benzene rings is 1. The van der Waals surface area contributed by atoms with Crippen LogP contribution in [0.25, 0.3) is 11.3 Å². The number of anilines is 1. The molecule has 5 nitrogen and oxygen atoms in total. The Bertz CT molecular complexity index is 563. The SMILES string of the molecule is Cc1cc(-c2cc(N)n[nH]2)cc2c1OCCO2. The van der Waals surface area contributed by atoms with Crippen LogP contribution in [0.1, 0.15) is 5.56 Å². The molecule has 0 bridgehead atoms. The number of hydrogen-bond acceptors (Lipinski definition) is 4. The quantitative estimate of drug-likeness (QED) is 0.784. The molecule has 0 aliphatic carbocycles. The third kappa shape index (κ3) is 1.69. The summed E-state index contributed by atoms with van der Waals surface area (Å²) in [7, 11) is 0. The van der Waals surface area contributed by atoms with E-state index in [0.29, 0.717) is 19.0 Å². The van der Waals surface area contributed by atoms with Gasteiger partial charge in [0.25, 0.3) is 0 Å². The fourth-order valence-electron chi connectivity index (χ4n) is 1.97. The van der Waals surface area contributed by atoms with E-state index in [4.69, 9.17) is 15.2 Å². The first kappa shape index (κ1) is 10.0. The molecular weight excluding hydrogens is 218 g/mol. The number of nitrogens with one attached hydrogen (secondary N) is 1. The van der Waals surface area contributed by atoms with Gasteiger partial charge in [-0.05, 0) is 24.6 Å². The summed E-state index contributed by atoms with van der Waals surface area (Å²) in [5.41, 5.74) is 8.51. The molecule has 0 saturated heterocycles. The summed E-state index contributed by atoms with van der Waals surface area (Å²) in [6.07, 6.45) is 0. The summed E-state index contributed by atoms with van der Waals surface area (Å²) < 4.78 is 11.2. The lowest BCUT2D eigenvalue weighted by Gasteiger charge is -2.20. The highest BCUT2D eigenvalue weighted by Gasteiger charge is 2.16. The van der Waals surface area contributed by atoms with Crippen molar-refractivity contribution in [1.29, 1.82) is 0 Å². The van der Waals surface area contributed by atoms with Gasteiger partial charge >= 0.3 is 0 Å². The van der Waals surface area contributed by atoms with Gasteiger partial charge in [-0.15, -0.1) is 0 Å². The largest absolute Gasteiger partial charge is 0.486 e. The molecule has 3 rings (SSSR count). The van der Waals surface area contributed by atoms with E-state index in [1.165, 1.54) is 0 Å². The number of H-pyrrole nitrogens is 1. The molecule has 17 heavy (non-hydrogen) atoms. The average molecular weight is 231 g/mol. The first-order valence-electron chi connectivity index (χ1n) is 5.45. The molecule has 2 aromatic rings. The van der Waals surface area contributed by atoms with Crippen LogP contribution in [0.15, 0.2) is 18.2 Å². The van der Waals surface area contributed by atoms with Crippen LogP contribution in [0.5, 0.6) is 11.5 Å². The summed E-state index contributed by atoms with van der Waals surface area (Å²) in [6, 6.07) is 5.76. The zero-order valence-electron chi connectivity index (χ0n) is 9.49. The molecule has 1 aromatic carbocycles. The second-order valence-corrected chi connectivity index (χ2v) is 4.02. The van der Waals surface area contributed by atoms with Gasteiger partial charge in [0.1, 0.15) is 19.0 Å². The van der Waals surface area contributed by atoms with Crippen molar-refractivity contribution in [2.75, 3.05) is 18.9 Å². The predicted molar refractivity (Wildman–Crippen MR) is 64.2 cm³/mol. The second kappa shape index (κ2) is 3.69. The highest BCUT2D eigenvalue weighted by molar-refractivity contribution is 5.68. The van der Waals surface area contributed by atoms with Gasteiger partial charge in [-0.25, -0.2) is 0 Å². The van der Waals surface area contributed by atoms with E-state index in [1.54, 1.807) is 6.07 Å². The van der Waals surface area contributed by atoms with Crippen LogP contribution >= 0.6 is 0 Å². The number of ether oxygens (including phenoxy) is 2. The zero-order valence-corrected chi connectivity index (χ0v) is 9.49. The monoisotopic (exact) mass is 231 g/mol. The number of hydrogen-bond donors (Lipinski definition) is 2. The lowest BCUT2D eigenvalue weighted by atomic mass is 10.1. The van der Waals surface area contributed by atoms with Crippen molar-refractivity contribution in [3.63, 3.8) is 0 Å². The lowest BCUT2D eigenvalue weighted by molar-refractivity contribution is 0.170. The third-order valence-corrected chi connectivity index (χ3v) is 2.74. The van der Waals surface area contributed by atoms with E-state index < -0.39 is 0 Å². The molecule has 0 atom stereocenters. The molecule has 1 aliphatic rings. The van der Waals surface area contributed by atoms with Crippen molar-refractivity contribution < 1.29 is 9.47 Å². The van der Waals surface area contributed by atoms with Crippen molar-refractivity contribution in [1.82, 2.24) is 10.2 Å². The van der Waals surface area contributed by atoms with E-state index in [9.17, 15) is 0 Å². The number of aromatic amines is 1. The van der Waals surface area contributed by atoms with Gasteiger partial charge in [0.05, 0.1) is 5.69 Å². The van der Waals surface area contributed by atoms with Crippen LogP contribution in [0.2, 0.25) is 0 Å². The molecule has 0 radical (unpaired) electrons. The maximum Gasteiger partial charge on any atom is 0.164 e. The van der Waals surface area contributed by atoms with E-state index in [-0.39, 0.29) is 0 Å². The highest BCUT2D eigenvalue weighted by atomic mass is 16.6. The lowest BCUT2D eigenvalue weighted by Crippen LogP contribution is -2.16. The molecular formula is C12H13N3O2. The Morgan fingerprint density at radius 2 is 2.06 bits per heavy atom. The topological polar surface area (TPSA) is 73.2 Å². The molecule has 0 spiro atoms. The Balaban J connectivity index is 2.10. The molecule has 0 saturated carbocycles. The van der Waals surface area contributed by atoms with Crippen molar-refractivity contribution in [3.8, 4) is 22.8 Å². The molecule has 0 unspecified atom stereocenters. The molecule has 1 aromatic heterocycles. The molecule has 5 heteroatoms. The number of rotatable bonds is 1. The predicted octanol–water partition coefficient (Wildman–Crippen LogP) is 1.74. The van der Waals surface area contributed by atoms with Crippen molar-refractivity contribution in [2.45, 2.75) is 6.92 Å². The maximum absolute atomic E-state index is 5.59. The molecule has 2 heterocycles. The van der Waals surface area contributed by atoms with E-state index in [2.05, 4.69) is 10.2 Å². The number of aryl methyl sites for hydroxylation is 1. The van der Waals surface area contributed by atoms with Crippen molar-refractivity contribution in [3.05, 3.63) is 23.8 Å². The normalized spacial score (nSPS) is 13.7. The van der Waals surface area contributed by atoms with Gasteiger partial charge in [0, 0.05) is 11.6 Å². The maximum atomic E-state index is 5.59. The first-order chi connectivity index (χ1) is 8.24. The fourth-order valence-corrected chi connectivity index (χ4v) is 1.97. The number of nitrogen functional groups attached to an aromatic ring is 1. The summed E-state index contributed by atoms with van der Waals surface area (Å²) >= 11 is 0. The zero-order chi connectivity index (χ0) is 11.8. The van der Waals surface area contributed by atoms with E-state index >= 15 is 0 Å². The standard InChI is InChI=1S/C12H13N3O2/c1-7-4-8(9-6-11(13)15-14-9)5-10-12(7)17-3-2-16-10/h4-6H,2-3H2,1H3,(H3,13,14,15). The smallest absolute Gasteiger partial charge is 0.164 e. The Morgan fingerprint density at radius 1 is 1.24 bits per heavy atom. The summed E-state index contributed by atoms with van der Waals surface area (Å²) in [4.78, 5) is 0. The number of aromatic nitrogens is 2. The van der Waals surface area contributed by atoms with Crippen molar-refractivity contribution in [2.24, 2.45) is 0 Å². The van der Waals surface area contributed by atoms with Crippen LogP contribution in [0.3, 0.4) is 0 Å². The van der Waals surface area contributed by atoms with Crippen LogP contribution in [0.4, 0.5) is 5.82 Å². The molecule has 1 aliphatic heterocycles. The minimum atomic E-state index is 0.479. The van der Waals surface area contributed by atoms with Crippen LogP contribution in [0, 0.1) is 6.92 Å². The Labute approximate surface area is 98.5 Å². The Morgan fingerprint density at radius 3 is 2.82 bits per heavy atom. The minimum absolute atomic E-state index is 0.479. The van der Waals surface area contributed by atoms with Crippen LogP contribution < -0.4 is 15.2 Å². The second-order valence-electron chi connectivity index (χ2n) is 4.02. The van der Waals surface area contributed by atoms with Gasteiger partial charge in [0.15, 0.2) is 11.5 Å². The Hall–Kier alpha value is -2.17. The number of nitrogens with zero attached hydrogens (tertiary/aromatic N) is 1. The van der Waals surface area contributed by atoms with Gasteiger partial charge < -0.3 is 15.2 Å². The highest BCUT2D eigenvalue weighted by Crippen LogP contribution is 2.37. The number of fused-ring (bicyclic) bond motifs is 1. The van der Waals surface area contributed by atoms with Gasteiger partial charge in [0.2, 0.25) is 0 Å². The van der Waals surface area contributed by atoms with E-state index in [1.807, 2.05) is 19.1 Å². The van der Waals surface area contributed by atoms with Crippen molar-refractivity contribution >= 4 is 5.82 Å². The van der Waals surface area contributed by atoms with E-state index in [0.717, 1.165) is 28.3 Å². The minimum Gasteiger partial charge on any atom is -0.486 e. The fraction of sp³-hybridized carbons (Fsp3) is 0.250. The van der Waals surface area contributed by atoms with Crippen LogP contribution in [-0.4, -0.2) is 23.4 Å². The summed E-state index contributed by atoms with van der Waals surface area (Å²) in [5, 5.41) is 6.80. The molecule has 88 valence electrons. The molecule has 0 amide bonds. The number of nitrogens with two attached hydrogens (primary N) is 1. The third-order valence-electron chi connectivity index (χ3n) is 2.74. The summed E-state index contributed by atoms with van der Waals surface area (Å²) in [5.74, 6) is 2.08. The molecule has 0 fully saturated rings.